The lowest BCUT2D eigenvalue weighted by molar-refractivity contribution is -0.120. The van der Waals surface area contributed by atoms with E-state index in [9.17, 15) is 26.4 Å². The van der Waals surface area contributed by atoms with Gasteiger partial charge in [0.1, 0.15) is 9.90 Å². The van der Waals surface area contributed by atoms with Crippen LogP contribution in [-0.2, 0) is 24.7 Å². The minimum Gasteiger partial charge on any atom is -0.366 e. The van der Waals surface area contributed by atoms with Crippen molar-refractivity contribution < 1.29 is 26.4 Å². The Balaban J connectivity index is 1.72. The van der Waals surface area contributed by atoms with Crippen molar-refractivity contribution in [2.45, 2.75) is 22.6 Å². The van der Waals surface area contributed by atoms with Crippen LogP contribution in [0.25, 0.3) is 0 Å². The van der Waals surface area contributed by atoms with Crippen molar-refractivity contribution in [3.05, 3.63) is 41.3 Å². The first-order valence-electron chi connectivity index (χ1n) is 8.99. The molecule has 9 nitrogen and oxygen atoms in total. The molecule has 0 radical (unpaired) electrons. The smallest absolute Gasteiger partial charge is 0.251 e. The Kier molecular flexibility index (Phi) is 6.32. The molecule has 2 aromatic rings. The molecule has 0 bridgehead atoms. The van der Waals surface area contributed by atoms with Crippen molar-refractivity contribution >= 4 is 48.0 Å². The molecule has 2 amide bonds. The number of carbonyl (C=O) groups is 2. The summed E-state index contributed by atoms with van der Waals surface area (Å²) in [5, 5.41) is 4.70. The molecule has 1 fully saturated rings. The predicted molar refractivity (Wildman–Crippen MR) is 113 cm³/mol. The molecule has 0 spiro atoms. The topological polar surface area (TPSA) is 144 Å². The Morgan fingerprint density at radius 3 is 2.23 bits per heavy atom. The number of carbonyl (C=O) groups excluding carboxylic acids is 2. The lowest BCUT2D eigenvalue weighted by Crippen LogP contribution is -2.41. The fraction of sp³-hybridized carbons (Fsp3) is 0.333. The minimum absolute atomic E-state index is 0.0750. The second-order valence-electron chi connectivity index (χ2n) is 6.91. The van der Waals surface area contributed by atoms with Crippen molar-refractivity contribution in [1.82, 2.24) is 4.31 Å². The van der Waals surface area contributed by atoms with Gasteiger partial charge in [0.15, 0.2) is 9.84 Å². The summed E-state index contributed by atoms with van der Waals surface area (Å²) in [6.45, 7) is 0.150. The number of primary amides is 1. The van der Waals surface area contributed by atoms with E-state index in [4.69, 9.17) is 5.73 Å². The summed E-state index contributed by atoms with van der Waals surface area (Å²) < 4.78 is 51.2. The molecule has 0 unspecified atom stereocenters. The second kappa shape index (κ2) is 8.46. The first-order chi connectivity index (χ1) is 14.0. The molecular formula is C18H21N3O6S3. The van der Waals surface area contributed by atoms with E-state index in [2.05, 4.69) is 5.32 Å². The summed E-state index contributed by atoms with van der Waals surface area (Å²) in [4.78, 5) is 23.4. The molecule has 2 heterocycles. The van der Waals surface area contributed by atoms with Gasteiger partial charge in [-0.25, -0.2) is 16.8 Å². The summed E-state index contributed by atoms with van der Waals surface area (Å²) in [7, 11) is -7.76. The highest BCUT2D eigenvalue weighted by molar-refractivity contribution is 7.93. The molecule has 1 aromatic heterocycles. The van der Waals surface area contributed by atoms with Crippen molar-refractivity contribution in [3.63, 3.8) is 0 Å². The Hall–Kier alpha value is -2.28. The zero-order valence-corrected chi connectivity index (χ0v) is 18.5. The fourth-order valence-electron chi connectivity index (χ4n) is 3.28. The van der Waals surface area contributed by atoms with Gasteiger partial charge >= 0.3 is 0 Å². The van der Waals surface area contributed by atoms with Gasteiger partial charge in [-0.3, -0.25) is 9.59 Å². The highest BCUT2D eigenvalue weighted by Gasteiger charge is 2.34. The van der Waals surface area contributed by atoms with Crippen LogP contribution in [0.5, 0.6) is 0 Å². The van der Waals surface area contributed by atoms with Gasteiger partial charge in [0, 0.05) is 25.3 Å². The summed E-state index contributed by atoms with van der Waals surface area (Å²) in [5.74, 6) is -1.39. The van der Waals surface area contributed by atoms with E-state index in [0.717, 1.165) is 6.26 Å². The molecule has 162 valence electrons. The number of nitrogens with zero attached hydrogens (tertiary/aromatic N) is 1. The number of sulfonamides is 1. The number of benzene rings is 1. The van der Waals surface area contributed by atoms with Crippen LogP contribution < -0.4 is 11.1 Å². The molecule has 1 saturated heterocycles. The number of hydrogen-bond donors (Lipinski definition) is 2. The quantitative estimate of drug-likeness (QED) is 0.650. The van der Waals surface area contributed by atoms with Gasteiger partial charge in [-0.2, -0.15) is 4.31 Å². The number of hydrogen-bond acceptors (Lipinski definition) is 7. The van der Waals surface area contributed by atoms with Crippen LogP contribution in [0, 0.1) is 5.92 Å². The van der Waals surface area contributed by atoms with Crippen molar-refractivity contribution in [2.75, 3.05) is 24.7 Å². The third kappa shape index (κ3) is 4.56. The van der Waals surface area contributed by atoms with Gasteiger partial charge in [0.2, 0.25) is 15.9 Å². The van der Waals surface area contributed by atoms with E-state index in [1.165, 1.54) is 46.0 Å². The highest BCUT2D eigenvalue weighted by Crippen LogP contribution is 2.29. The van der Waals surface area contributed by atoms with Gasteiger partial charge in [-0.15, -0.1) is 11.3 Å². The number of thiophene rings is 1. The third-order valence-electron chi connectivity index (χ3n) is 4.86. The second-order valence-corrected chi connectivity index (χ2v) is 11.7. The molecule has 3 N–H and O–H groups in total. The molecule has 12 heteroatoms. The molecule has 0 saturated carbocycles. The maximum absolute atomic E-state index is 13.0. The summed E-state index contributed by atoms with van der Waals surface area (Å²) in [5.41, 5.74) is 5.51. The molecule has 0 atom stereocenters. The maximum Gasteiger partial charge on any atom is 0.251 e. The zero-order chi connectivity index (χ0) is 22.1. The van der Waals surface area contributed by atoms with Gasteiger partial charge < -0.3 is 11.1 Å². The van der Waals surface area contributed by atoms with E-state index in [0.29, 0.717) is 5.00 Å². The summed E-state index contributed by atoms with van der Waals surface area (Å²) >= 11 is 1.18. The average molecular weight is 472 g/mol. The van der Waals surface area contributed by atoms with E-state index in [-0.39, 0.29) is 47.2 Å². The van der Waals surface area contributed by atoms with Crippen LogP contribution in [0.3, 0.4) is 0 Å². The van der Waals surface area contributed by atoms with Gasteiger partial charge in [-0.1, -0.05) is 12.1 Å². The monoisotopic (exact) mass is 471 g/mol. The summed E-state index contributed by atoms with van der Waals surface area (Å²) in [6, 6.07) is 7.00. The normalized spacial score (nSPS) is 16.3. The minimum atomic E-state index is -4.03. The van der Waals surface area contributed by atoms with Gasteiger partial charge in [0.05, 0.1) is 10.5 Å². The first-order valence-corrected chi connectivity index (χ1v) is 13.2. The number of anilines is 1. The van der Waals surface area contributed by atoms with Gasteiger partial charge in [0.25, 0.3) is 5.91 Å². The summed E-state index contributed by atoms with van der Waals surface area (Å²) in [6.07, 6.45) is 1.50. The van der Waals surface area contributed by atoms with Crippen molar-refractivity contribution in [2.24, 2.45) is 11.7 Å². The molecule has 1 aromatic carbocycles. The predicted octanol–water partition coefficient (Wildman–Crippen LogP) is 1.29. The number of amides is 2. The largest absolute Gasteiger partial charge is 0.366 e. The van der Waals surface area contributed by atoms with Crippen molar-refractivity contribution in [1.29, 1.82) is 0 Å². The van der Waals surface area contributed by atoms with E-state index >= 15 is 0 Å². The van der Waals surface area contributed by atoms with E-state index in [1.54, 1.807) is 5.38 Å². The van der Waals surface area contributed by atoms with Crippen LogP contribution in [0.2, 0.25) is 0 Å². The van der Waals surface area contributed by atoms with Crippen molar-refractivity contribution in [3.8, 4) is 0 Å². The Morgan fingerprint density at radius 2 is 1.67 bits per heavy atom. The Morgan fingerprint density at radius 1 is 1.07 bits per heavy atom. The lowest BCUT2D eigenvalue weighted by Gasteiger charge is -2.30. The highest BCUT2D eigenvalue weighted by atomic mass is 32.2. The number of piperidine rings is 1. The molecule has 1 aliphatic heterocycles. The molecule has 3 rings (SSSR count). The zero-order valence-electron chi connectivity index (χ0n) is 16.1. The van der Waals surface area contributed by atoms with Gasteiger partial charge in [-0.05, 0) is 36.4 Å². The Bertz CT molecular complexity index is 1180. The van der Waals surface area contributed by atoms with Crippen LogP contribution in [0.15, 0.2) is 45.5 Å². The SMILES string of the molecule is CS(=O)(=O)c1ccccc1S(=O)(=O)N1CCC(C(=O)Nc2sccc2C(N)=O)CC1. The third-order valence-corrected chi connectivity index (χ3v) is 8.93. The number of rotatable bonds is 6. The first kappa shape index (κ1) is 22.4. The van der Waals surface area contributed by atoms with E-state index in [1.807, 2.05) is 0 Å². The number of sulfone groups is 1. The van der Waals surface area contributed by atoms with Crippen LogP contribution in [-0.4, -0.2) is 52.3 Å². The average Bonchev–Trinajstić information content (AvgIpc) is 3.16. The Labute approximate surface area is 178 Å². The number of nitrogens with two attached hydrogens (primary N) is 1. The fourth-order valence-corrected chi connectivity index (χ4v) is 7.15. The van der Waals surface area contributed by atoms with Crippen LogP contribution >= 0.6 is 11.3 Å². The van der Waals surface area contributed by atoms with Crippen LogP contribution in [0.1, 0.15) is 23.2 Å². The molecule has 30 heavy (non-hydrogen) atoms. The molecule has 0 aliphatic carbocycles. The maximum atomic E-state index is 13.0. The number of nitrogens with one attached hydrogen (secondary N) is 1. The standard InChI is InChI=1S/C18H21N3O6S3/c1-29(24,25)14-4-2-3-5-15(14)30(26,27)21-9-6-12(7-10-21)17(23)20-18-13(16(19)22)8-11-28-18/h2-5,8,11-12H,6-7,9-10H2,1H3,(H2,19,22)(H,20,23). The van der Waals surface area contributed by atoms with Crippen LogP contribution in [0.4, 0.5) is 5.00 Å². The molecule has 1 aliphatic rings. The lowest BCUT2D eigenvalue weighted by atomic mass is 9.97. The molecular weight excluding hydrogens is 450 g/mol. The van der Waals surface area contributed by atoms with E-state index < -0.39 is 31.7 Å².